The van der Waals surface area contributed by atoms with Gasteiger partial charge in [-0.2, -0.15) is 4.90 Å². The van der Waals surface area contributed by atoms with Crippen LogP contribution in [0.5, 0.6) is 0 Å². The molecule has 1 saturated heterocycles. The van der Waals surface area contributed by atoms with Gasteiger partial charge in [0.1, 0.15) is 0 Å². The number of hydrogen-bond acceptors (Lipinski definition) is 3. The topological polar surface area (TPSA) is 72.9 Å². The van der Waals surface area contributed by atoms with Crippen LogP contribution in [0.1, 0.15) is 18.4 Å². The normalized spacial score (nSPS) is 20.1. The first-order valence-electron chi connectivity index (χ1n) is 7.31. The molecule has 2 aliphatic heterocycles. The zero-order valence-electron chi connectivity index (χ0n) is 11.8. The predicted molar refractivity (Wildman–Crippen MR) is 78.6 cm³/mol. The Kier molecular flexibility index (Phi) is 3.79. The molecule has 0 saturated carbocycles. The van der Waals surface area contributed by atoms with E-state index in [2.05, 4.69) is 5.32 Å². The Bertz CT molecular complexity index is 555. The van der Waals surface area contributed by atoms with Gasteiger partial charge in [-0.3, -0.25) is 0 Å². The smallest absolute Gasteiger partial charge is 0.420 e. The van der Waals surface area contributed by atoms with Gasteiger partial charge < -0.3 is 15.3 Å². The van der Waals surface area contributed by atoms with Gasteiger partial charge in [0.25, 0.3) is 0 Å². The van der Waals surface area contributed by atoms with E-state index in [-0.39, 0.29) is 6.04 Å². The number of nitrogens with one attached hydrogen (secondary N) is 1. The second-order valence-corrected chi connectivity index (χ2v) is 5.45. The fourth-order valence-corrected chi connectivity index (χ4v) is 3.15. The highest BCUT2D eigenvalue weighted by Gasteiger charge is 2.35. The fourth-order valence-electron chi connectivity index (χ4n) is 3.15. The molecular formula is C15H19N3O3. The number of carboxylic acid groups (broad SMARTS) is 1. The van der Waals surface area contributed by atoms with Crippen LogP contribution < -0.4 is 10.2 Å². The third-order valence-corrected chi connectivity index (χ3v) is 4.23. The number of hydrogen-bond donors (Lipinski definition) is 2. The maximum absolute atomic E-state index is 12.7. The molecule has 1 fully saturated rings. The van der Waals surface area contributed by atoms with Crippen molar-refractivity contribution in [3.05, 3.63) is 29.8 Å². The van der Waals surface area contributed by atoms with Crippen molar-refractivity contribution in [2.45, 2.75) is 25.3 Å². The molecule has 0 atom stereocenters. The lowest BCUT2D eigenvalue weighted by molar-refractivity contribution is 0.162. The van der Waals surface area contributed by atoms with Crippen molar-refractivity contribution in [1.82, 2.24) is 10.2 Å². The van der Waals surface area contributed by atoms with E-state index in [0.29, 0.717) is 18.7 Å². The highest BCUT2D eigenvalue weighted by Crippen LogP contribution is 2.28. The lowest BCUT2D eigenvalue weighted by Crippen LogP contribution is -2.52. The average molecular weight is 289 g/mol. The number of carbonyl (C=O) groups is 2. The molecule has 3 amide bonds. The van der Waals surface area contributed by atoms with Crippen molar-refractivity contribution < 1.29 is 14.7 Å². The predicted octanol–water partition coefficient (Wildman–Crippen LogP) is 1.90. The van der Waals surface area contributed by atoms with E-state index in [0.717, 1.165) is 36.4 Å². The lowest BCUT2D eigenvalue weighted by Gasteiger charge is -2.35. The number of carbonyl (C=O) groups excluding carboxylic acids is 1. The van der Waals surface area contributed by atoms with Gasteiger partial charge in [-0.15, -0.1) is 0 Å². The summed E-state index contributed by atoms with van der Waals surface area (Å²) in [5, 5.41) is 12.7. The zero-order chi connectivity index (χ0) is 14.8. The third-order valence-electron chi connectivity index (χ3n) is 4.23. The number of amides is 3. The summed E-state index contributed by atoms with van der Waals surface area (Å²) in [5.74, 6) is 0. The second-order valence-electron chi connectivity index (χ2n) is 5.45. The number of imide groups is 1. The molecule has 2 aliphatic rings. The van der Waals surface area contributed by atoms with Crippen LogP contribution in [0.15, 0.2) is 24.3 Å². The number of fused-ring (bicyclic) bond motifs is 1. The van der Waals surface area contributed by atoms with Crippen LogP contribution >= 0.6 is 0 Å². The summed E-state index contributed by atoms with van der Waals surface area (Å²) < 4.78 is 0. The minimum Gasteiger partial charge on any atom is -0.464 e. The Morgan fingerprint density at radius 1 is 1.24 bits per heavy atom. The quantitative estimate of drug-likeness (QED) is 0.828. The van der Waals surface area contributed by atoms with Crippen molar-refractivity contribution in [1.29, 1.82) is 0 Å². The van der Waals surface area contributed by atoms with Gasteiger partial charge in [-0.25, -0.2) is 9.59 Å². The SMILES string of the molecule is O=C(O)N1C(=O)N(C2CCNCC2)CCc2ccccc21. The molecule has 0 spiro atoms. The average Bonchev–Trinajstić information content (AvgIpc) is 2.64. The summed E-state index contributed by atoms with van der Waals surface area (Å²) in [7, 11) is 0. The summed E-state index contributed by atoms with van der Waals surface area (Å²) in [5.41, 5.74) is 1.40. The summed E-state index contributed by atoms with van der Waals surface area (Å²) in [4.78, 5) is 26.9. The molecule has 0 unspecified atom stereocenters. The Balaban J connectivity index is 1.94. The number of para-hydroxylation sites is 1. The Morgan fingerprint density at radius 2 is 1.95 bits per heavy atom. The monoisotopic (exact) mass is 289 g/mol. The molecule has 6 heteroatoms. The Morgan fingerprint density at radius 3 is 2.67 bits per heavy atom. The Hall–Kier alpha value is -2.08. The first kappa shape index (κ1) is 13.9. The van der Waals surface area contributed by atoms with E-state index in [9.17, 15) is 14.7 Å². The first-order valence-corrected chi connectivity index (χ1v) is 7.31. The third kappa shape index (κ3) is 2.58. The molecule has 0 aliphatic carbocycles. The van der Waals surface area contributed by atoms with Crippen LogP contribution in [0, 0.1) is 0 Å². The zero-order valence-corrected chi connectivity index (χ0v) is 11.8. The molecule has 1 aromatic rings. The van der Waals surface area contributed by atoms with Crippen molar-refractivity contribution in [3.8, 4) is 0 Å². The van der Waals surface area contributed by atoms with Crippen LogP contribution in [-0.4, -0.2) is 47.8 Å². The summed E-state index contributed by atoms with van der Waals surface area (Å²) in [6.45, 7) is 2.31. The number of urea groups is 1. The molecule has 6 nitrogen and oxygen atoms in total. The van der Waals surface area contributed by atoms with Gasteiger partial charge in [-0.1, -0.05) is 18.2 Å². The number of anilines is 1. The van der Waals surface area contributed by atoms with Crippen molar-refractivity contribution in [3.63, 3.8) is 0 Å². The molecule has 2 heterocycles. The number of piperidine rings is 1. The molecule has 3 rings (SSSR count). The second kappa shape index (κ2) is 5.73. The highest BCUT2D eigenvalue weighted by atomic mass is 16.4. The van der Waals surface area contributed by atoms with Gasteiger partial charge in [-0.05, 0) is 44.0 Å². The van der Waals surface area contributed by atoms with Gasteiger partial charge in [0.2, 0.25) is 0 Å². The lowest BCUT2D eigenvalue weighted by atomic mass is 10.0. The van der Waals surface area contributed by atoms with E-state index in [1.54, 1.807) is 17.0 Å². The molecular weight excluding hydrogens is 270 g/mol. The van der Waals surface area contributed by atoms with Crippen LogP contribution in [0.4, 0.5) is 15.3 Å². The van der Waals surface area contributed by atoms with Crippen LogP contribution in [-0.2, 0) is 6.42 Å². The maximum Gasteiger partial charge on any atom is 0.420 e. The molecule has 0 aromatic heterocycles. The summed E-state index contributed by atoms with van der Waals surface area (Å²) in [6, 6.07) is 6.94. The molecule has 112 valence electrons. The first-order chi connectivity index (χ1) is 10.2. The van der Waals surface area contributed by atoms with Gasteiger partial charge in [0.05, 0.1) is 5.69 Å². The number of rotatable bonds is 1. The molecule has 1 aromatic carbocycles. The highest BCUT2D eigenvalue weighted by molar-refractivity contribution is 6.11. The van der Waals surface area contributed by atoms with Crippen molar-refractivity contribution in [2.75, 3.05) is 24.5 Å². The molecule has 0 radical (unpaired) electrons. The molecule has 2 N–H and O–H groups in total. The van der Waals surface area contributed by atoms with Crippen LogP contribution in [0.3, 0.4) is 0 Å². The van der Waals surface area contributed by atoms with Crippen LogP contribution in [0.25, 0.3) is 0 Å². The van der Waals surface area contributed by atoms with E-state index < -0.39 is 12.1 Å². The van der Waals surface area contributed by atoms with Gasteiger partial charge in [0, 0.05) is 12.6 Å². The fraction of sp³-hybridized carbons (Fsp3) is 0.467. The van der Waals surface area contributed by atoms with E-state index in [1.807, 2.05) is 12.1 Å². The van der Waals surface area contributed by atoms with Crippen LogP contribution in [0.2, 0.25) is 0 Å². The van der Waals surface area contributed by atoms with E-state index in [1.165, 1.54) is 0 Å². The largest absolute Gasteiger partial charge is 0.464 e. The molecule has 0 bridgehead atoms. The van der Waals surface area contributed by atoms with Gasteiger partial charge in [0.15, 0.2) is 0 Å². The van der Waals surface area contributed by atoms with Gasteiger partial charge >= 0.3 is 12.1 Å². The summed E-state index contributed by atoms with van der Waals surface area (Å²) >= 11 is 0. The number of nitrogens with zero attached hydrogens (tertiary/aromatic N) is 2. The minimum atomic E-state index is -1.21. The van der Waals surface area contributed by atoms with E-state index >= 15 is 0 Å². The molecule has 21 heavy (non-hydrogen) atoms. The van der Waals surface area contributed by atoms with E-state index in [4.69, 9.17) is 0 Å². The standard InChI is InChI=1S/C15H19N3O3/c19-14-17(12-5-8-16-9-6-12)10-7-11-3-1-2-4-13(11)18(14)15(20)21/h1-4,12,16H,5-10H2,(H,20,21). The minimum absolute atomic E-state index is 0.120. The number of benzene rings is 1. The summed E-state index contributed by atoms with van der Waals surface area (Å²) in [6.07, 6.45) is 1.22. The maximum atomic E-state index is 12.7. The Labute approximate surface area is 123 Å². The van der Waals surface area contributed by atoms with Crippen molar-refractivity contribution >= 4 is 17.8 Å². The van der Waals surface area contributed by atoms with Crippen molar-refractivity contribution in [2.24, 2.45) is 0 Å².